The van der Waals surface area contributed by atoms with Crippen LogP contribution in [0.2, 0.25) is 0 Å². The Hall–Kier alpha value is -1.72. The average Bonchev–Trinajstić information content (AvgIpc) is 2.22. The largest absolute Gasteiger partial charge is 0.573 e. The second kappa shape index (κ2) is 5.75. The third kappa shape index (κ3) is 5.07. The first-order valence-electron chi connectivity index (χ1n) is 5.23. The number of esters is 1. The molecule has 1 aromatic rings. The molecule has 0 atom stereocenters. The highest BCUT2D eigenvalue weighted by molar-refractivity contribution is 5.69. The summed E-state index contributed by atoms with van der Waals surface area (Å²) >= 11 is 0. The van der Waals surface area contributed by atoms with E-state index in [1.807, 2.05) is 0 Å². The van der Waals surface area contributed by atoms with Crippen molar-refractivity contribution in [3.63, 3.8) is 0 Å². The molecule has 0 saturated heterocycles. The van der Waals surface area contributed by atoms with E-state index in [1.165, 1.54) is 19.2 Å². The summed E-state index contributed by atoms with van der Waals surface area (Å²) < 4.78 is 44.5. The summed E-state index contributed by atoms with van der Waals surface area (Å²) in [4.78, 5) is 11.0. The zero-order valence-electron chi connectivity index (χ0n) is 10.0. The molecular formula is C12H13F3O3. The van der Waals surface area contributed by atoms with Crippen molar-refractivity contribution in [1.82, 2.24) is 0 Å². The van der Waals surface area contributed by atoms with Gasteiger partial charge in [0.25, 0.3) is 0 Å². The number of methoxy groups -OCH3 is 1. The van der Waals surface area contributed by atoms with Crippen molar-refractivity contribution in [2.45, 2.75) is 26.1 Å². The minimum absolute atomic E-state index is 0.116. The summed E-state index contributed by atoms with van der Waals surface area (Å²) in [7, 11) is 1.26. The zero-order valence-corrected chi connectivity index (χ0v) is 10.0. The molecule has 0 bridgehead atoms. The minimum atomic E-state index is -4.71. The molecule has 0 radical (unpaired) electrons. The molecule has 0 heterocycles. The van der Waals surface area contributed by atoms with Crippen LogP contribution >= 0.6 is 0 Å². The molecule has 0 aliphatic heterocycles. The maximum absolute atomic E-state index is 12.1. The van der Waals surface area contributed by atoms with Gasteiger partial charge in [-0.05, 0) is 36.6 Å². The predicted octanol–water partition coefficient (Wildman–Crippen LogP) is 3.00. The molecule has 0 aromatic heterocycles. The van der Waals surface area contributed by atoms with Gasteiger partial charge in [0.05, 0.1) is 7.11 Å². The van der Waals surface area contributed by atoms with E-state index in [-0.39, 0.29) is 12.2 Å². The third-order valence-corrected chi connectivity index (χ3v) is 2.19. The van der Waals surface area contributed by atoms with Gasteiger partial charge in [-0.25, -0.2) is 0 Å². The van der Waals surface area contributed by atoms with Gasteiger partial charge in [0, 0.05) is 6.42 Å². The number of benzene rings is 1. The van der Waals surface area contributed by atoms with E-state index in [2.05, 4.69) is 9.47 Å². The summed E-state index contributed by atoms with van der Waals surface area (Å²) in [6, 6.07) is 4.25. The standard InChI is InChI=1S/C12H13F3O3/c1-8-5-9(3-4-11(16)17-2)7-10(6-8)18-12(13,14)15/h5-7H,3-4H2,1-2H3. The van der Waals surface area contributed by atoms with Crippen molar-refractivity contribution < 1.29 is 27.4 Å². The predicted molar refractivity (Wildman–Crippen MR) is 58.2 cm³/mol. The van der Waals surface area contributed by atoms with E-state index in [4.69, 9.17) is 0 Å². The van der Waals surface area contributed by atoms with Crippen molar-refractivity contribution in [2.75, 3.05) is 7.11 Å². The van der Waals surface area contributed by atoms with Crippen molar-refractivity contribution in [3.05, 3.63) is 29.3 Å². The van der Waals surface area contributed by atoms with E-state index in [0.717, 1.165) is 0 Å². The number of hydrogen-bond donors (Lipinski definition) is 0. The van der Waals surface area contributed by atoms with E-state index in [9.17, 15) is 18.0 Å². The summed E-state index contributed by atoms with van der Waals surface area (Å²) in [6.45, 7) is 1.66. The lowest BCUT2D eigenvalue weighted by Crippen LogP contribution is -2.17. The quantitative estimate of drug-likeness (QED) is 0.782. The topological polar surface area (TPSA) is 35.5 Å². The number of rotatable bonds is 4. The van der Waals surface area contributed by atoms with Gasteiger partial charge in [-0.15, -0.1) is 13.2 Å². The molecule has 0 aliphatic carbocycles. The van der Waals surface area contributed by atoms with E-state index >= 15 is 0 Å². The van der Waals surface area contributed by atoms with E-state index in [0.29, 0.717) is 17.5 Å². The Kier molecular flexibility index (Phi) is 4.58. The van der Waals surface area contributed by atoms with Crippen LogP contribution < -0.4 is 4.74 Å². The van der Waals surface area contributed by atoms with Crippen LogP contribution in [0, 0.1) is 6.92 Å². The van der Waals surface area contributed by atoms with Crippen LogP contribution in [0.3, 0.4) is 0 Å². The molecule has 0 aliphatic rings. The molecule has 6 heteroatoms. The van der Waals surface area contributed by atoms with Gasteiger partial charge in [0.2, 0.25) is 0 Å². The Morgan fingerprint density at radius 3 is 2.50 bits per heavy atom. The molecule has 3 nitrogen and oxygen atoms in total. The monoisotopic (exact) mass is 262 g/mol. The van der Waals surface area contributed by atoms with Crippen molar-refractivity contribution in [2.24, 2.45) is 0 Å². The van der Waals surface area contributed by atoms with Crippen LogP contribution in [-0.4, -0.2) is 19.4 Å². The summed E-state index contributed by atoms with van der Waals surface area (Å²) in [5, 5.41) is 0. The fourth-order valence-corrected chi connectivity index (χ4v) is 1.51. The van der Waals surface area contributed by atoms with Gasteiger partial charge in [-0.3, -0.25) is 4.79 Å². The van der Waals surface area contributed by atoms with Crippen LogP contribution in [0.15, 0.2) is 18.2 Å². The van der Waals surface area contributed by atoms with Gasteiger partial charge in [0.1, 0.15) is 5.75 Å². The smallest absolute Gasteiger partial charge is 0.469 e. The molecule has 0 unspecified atom stereocenters. The van der Waals surface area contributed by atoms with E-state index < -0.39 is 12.3 Å². The molecule has 0 fully saturated rings. The maximum atomic E-state index is 12.1. The number of hydrogen-bond acceptors (Lipinski definition) is 3. The number of alkyl halides is 3. The fourth-order valence-electron chi connectivity index (χ4n) is 1.51. The zero-order chi connectivity index (χ0) is 13.8. The average molecular weight is 262 g/mol. The lowest BCUT2D eigenvalue weighted by molar-refractivity contribution is -0.274. The van der Waals surface area contributed by atoms with Crippen LogP contribution in [0.4, 0.5) is 13.2 Å². The van der Waals surface area contributed by atoms with Crippen LogP contribution in [-0.2, 0) is 16.0 Å². The normalized spacial score (nSPS) is 11.2. The molecule has 18 heavy (non-hydrogen) atoms. The van der Waals surface area contributed by atoms with Gasteiger partial charge in [-0.2, -0.15) is 0 Å². The lowest BCUT2D eigenvalue weighted by Gasteiger charge is -2.11. The van der Waals surface area contributed by atoms with Crippen molar-refractivity contribution >= 4 is 5.97 Å². The Bertz CT molecular complexity index is 427. The molecular weight excluding hydrogens is 249 g/mol. The van der Waals surface area contributed by atoms with Crippen LogP contribution in [0.1, 0.15) is 17.5 Å². The van der Waals surface area contributed by atoms with Gasteiger partial charge in [-0.1, -0.05) is 6.07 Å². The molecule has 1 aromatic carbocycles. The Morgan fingerprint density at radius 2 is 1.94 bits per heavy atom. The molecule has 0 spiro atoms. The first-order valence-corrected chi connectivity index (χ1v) is 5.23. The number of aryl methyl sites for hydroxylation is 2. The second-order valence-corrected chi connectivity index (χ2v) is 3.78. The summed E-state index contributed by atoms with van der Waals surface area (Å²) in [5.74, 6) is -0.683. The minimum Gasteiger partial charge on any atom is -0.469 e. The number of carbonyl (C=O) groups is 1. The van der Waals surface area contributed by atoms with Crippen molar-refractivity contribution in [3.8, 4) is 5.75 Å². The summed E-state index contributed by atoms with van der Waals surface area (Å²) in [5.41, 5.74) is 1.23. The maximum Gasteiger partial charge on any atom is 0.573 e. The molecule has 100 valence electrons. The Labute approximate surface area is 103 Å². The number of carbonyl (C=O) groups excluding carboxylic acids is 1. The highest BCUT2D eigenvalue weighted by Crippen LogP contribution is 2.25. The highest BCUT2D eigenvalue weighted by Gasteiger charge is 2.31. The molecule has 0 amide bonds. The third-order valence-electron chi connectivity index (χ3n) is 2.19. The SMILES string of the molecule is COC(=O)CCc1cc(C)cc(OC(F)(F)F)c1. The Balaban J connectivity index is 2.77. The van der Waals surface area contributed by atoms with Crippen LogP contribution in [0.5, 0.6) is 5.75 Å². The van der Waals surface area contributed by atoms with Gasteiger partial charge < -0.3 is 9.47 Å². The summed E-state index contributed by atoms with van der Waals surface area (Å²) in [6.07, 6.45) is -4.29. The first kappa shape index (κ1) is 14.3. The van der Waals surface area contributed by atoms with E-state index in [1.54, 1.807) is 13.0 Å². The molecule has 0 saturated carbocycles. The molecule has 0 N–H and O–H groups in total. The van der Waals surface area contributed by atoms with Gasteiger partial charge >= 0.3 is 12.3 Å². The number of halogens is 3. The Morgan fingerprint density at radius 1 is 1.28 bits per heavy atom. The van der Waals surface area contributed by atoms with Crippen LogP contribution in [0.25, 0.3) is 0 Å². The molecule has 1 rings (SSSR count). The first-order chi connectivity index (χ1) is 8.30. The number of ether oxygens (including phenoxy) is 2. The lowest BCUT2D eigenvalue weighted by atomic mass is 10.1. The fraction of sp³-hybridized carbons (Fsp3) is 0.417. The highest BCUT2D eigenvalue weighted by atomic mass is 19.4. The van der Waals surface area contributed by atoms with Crippen molar-refractivity contribution in [1.29, 1.82) is 0 Å². The second-order valence-electron chi connectivity index (χ2n) is 3.78. The van der Waals surface area contributed by atoms with Gasteiger partial charge in [0.15, 0.2) is 0 Å².